The van der Waals surface area contributed by atoms with Crippen LogP contribution < -0.4 is 0 Å². The van der Waals surface area contributed by atoms with Gasteiger partial charge in [-0.3, -0.25) is 0 Å². The summed E-state index contributed by atoms with van der Waals surface area (Å²) in [6.07, 6.45) is 5.58. The summed E-state index contributed by atoms with van der Waals surface area (Å²) in [4.78, 5) is 7.40. The van der Waals surface area contributed by atoms with E-state index in [0.29, 0.717) is 4.64 Å². The molecule has 1 N–H and O–H groups in total. The number of H-pyrrole nitrogens is 1. The monoisotopic (exact) mass is 252 g/mol. The third-order valence-electron chi connectivity index (χ3n) is 1.67. The van der Waals surface area contributed by atoms with E-state index in [0.717, 1.165) is 17.1 Å². The molecule has 3 heteroatoms. The van der Waals surface area contributed by atoms with Crippen molar-refractivity contribution in [1.29, 1.82) is 0 Å². The Labute approximate surface area is 111 Å². The zero-order valence-corrected chi connectivity index (χ0v) is 12.6. The highest BCUT2D eigenvalue weighted by molar-refractivity contribution is 7.71. The number of aryl methyl sites for hydroxylation is 1. The normalized spacial score (nSPS) is 8.82. The number of hydrogen-bond donors (Lipinski definition) is 1. The molecule has 2 nitrogen and oxygen atoms in total. The van der Waals surface area contributed by atoms with Crippen LogP contribution in [0.25, 0.3) is 12.2 Å². The number of rotatable bonds is 2. The molecule has 1 aromatic heterocycles. The Kier molecular flexibility index (Phi) is 12.0. The molecule has 0 atom stereocenters. The van der Waals surface area contributed by atoms with Crippen LogP contribution in [0.4, 0.5) is 0 Å². The topological polar surface area (TPSA) is 28.7 Å². The number of nitrogens with one attached hydrogen (secondary N) is 1. The molecule has 96 valence electrons. The minimum Gasteiger partial charge on any atom is -0.343 e. The van der Waals surface area contributed by atoms with Crippen LogP contribution in [0.1, 0.15) is 51.7 Å². The molecule has 0 aliphatic rings. The molecule has 1 heterocycles. The van der Waals surface area contributed by atoms with Gasteiger partial charge in [-0.25, -0.2) is 4.98 Å². The predicted molar refractivity (Wildman–Crippen MR) is 81.7 cm³/mol. The van der Waals surface area contributed by atoms with Crippen molar-refractivity contribution >= 4 is 24.4 Å². The fourth-order valence-electron chi connectivity index (χ4n) is 1.01. The summed E-state index contributed by atoms with van der Waals surface area (Å²) in [5.74, 6) is 0. The fraction of sp³-hybridized carbons (Fsp3) is 0.429. The molecule has 0 radical (unpaired) electrons. The second-order valence-corrected chi connectivity index (χ2v) is 3.06. The van der Waals surface area contributed by atoms with Gasteiger partial charge in [0, 0.05) is 0 Å². The highest BCUT2D eigenvalue weighted by Crippen LogP contribution is 2.08. The van der Waals surface area contributed by atoms with Crippen molar-refractivity contribution in [2.45, 2.75) is 41.5 Å². The van der Waals surface area contributed by atoms with Crippen LogP contribution in [-0.4, -0.2) is 9.97 Å². The second-order valence-electron chi connectivity index (χ2n) is 2.65. The Morgan fingerprint density at radius 1 is 1.24 bits per heavy atom. The van der Waals surface area contributed by atoms with Crippen LogP contribution in [0, 0.1) is 11.6 Å². The van der Waals surface area contributed by atoms with Crippen molar-refractivity contribution in [1.82, 2.24) is 9.97 Å². The zero-order valence-electron chi connectivity index (χ0n) is 11.8. The van der Waals surface area contributed by atoms with E-state index in [-0.39, 0.29) is 0 Å². The minimum atomic E-state index is 0.670. The maximum atomic E-state index is 5.06. The van der Waals surface area contributed by atoms with E-state index in [2.05, 4.69) is 16.5 Å². The second kappa shape index (κ2) is 11.3. The summed E-state index contributed by atoms with van der Waals surface area (Å²) < 4.78 is 0.670. The first-order chi connectivity index (χ1) is 8.19. The molecule has 0 bridgehead atoms. The molecular formula is C14H24N2S. The smallest absolute Gasteiger partial charge is 0.125 e. The average molecular weight is 252 g/mol. The molecule has 1 rings (SSSR count). The SMILES string of the molecule is C=Cc1[nH]c(=S)c(C)nc1/C=C\C.CC.CC. The number of hydrogen-bond acceptors (Lipinski definition) is 2. The maximum absolute atomic E-state index is 5.06. The van der Waals surface area contributed by atoms with Crippen molar-refractivity contribution in [3.05, 3.63) is 34.4 Å². The van der Waals surface area contributed by atoms with Gasteiger partial charge in [-0.05, 0) is 26.0 Å². The van der Waals surface area contributed by atoms with E-state index in [1.165, 1.54) is 0 Å². The van der Waals surface area contributed by atoms with E-state index < -0.39 is 0 Å². The summed E-state index contributed by atoms with van der Waals surface area (Å²) in [6, 6.07) is 0. The standard InChI is InChI=1S/C10H12N2S.2C2H6/c1-4-6-9-8(5-2)12-10(13)7(3)11-9;2*1-2/h4-6H,2H2,1,3H3,(H,12,13);2*1-2H3/b6-4-;;. The summed E-state index contributed by atoms with van der Waals surface area (Å²) >= 11 is 5.06. The summed E-state index contributed by atoms with van der Waals surface area (Å²) in [5, 5.41) is 0. The average Bonchev–Trinajstić information content (AvgIpc) is 2.38. The molecule has 0 aromatic carbocycles. The van der Waals surface area contributed by atoms with E-state index in [1.54, 1.807) is 6.08 Å². The van der Waals surface area contributed by atoms with Crippen LogP contribution >= 0.6 is 12.2 Å². The molecule has 0 aliphatic heterocycles. The van der Waals surface area contributed by atoms with E-state index in [1.807, 2.05) is 53.7 Å². The molecule has 0 saturated carbocycles. The van der Waals surface area contributed by atoms with Gasteiger partial charge in [-0.2, -0.15) is 0 Å². The third-order valence-corrected chi connectivity index (χ3v) is 2.07. The lowest BCUT2D eigenvalue weighted by atomic mass is 10.2. The largest absolute Gasteiger partial charge is 0.343 e. The third kappa shape index (κ3) is 6.17. The molecule has 17 heavy (non-hydrogen) atoms. The van der Waals surface area contributed by atoms with Gasteiger partial charge in [0.2, 0.25) is 0 Å². The lowest BCUT2D eigenvalue weighted by Crippen LogP contribution is -1.95. The first kappa shape index (κ1) is 18.2. The van der Waals surface area contributed by atoms with Gasteiger partial charge in [0.05, 0.1) is 17.1 Å². The van der Waals surface area contributed by atoms with Gasteiger partial charge in [0.1, 0.15) is 4.64 Å². The number of allylic oxidation sites excluding steroid dienone is 1. The van der Waals surface area contributed by atoms with Gasteiger partial charge in [-0.15, -0.1) is 0 Å². The first-order valence-corrected chi connectivity index (χ1v) is 6.46. The van der Waals surface area contributed by atoms with Gasteiger partial charge in [0.15, 0.2) is 0 Å². The van der Waals surface area contributed by atoms with Crippen LogP contribution in [0.2, 0.25) is 0 Å². The molecule has 0 saturated heterocycles. The van der Waals surface area contributed by atoms with E-state index in [9.17, 15) is 0 Å². The lowest BCUT2D eigenvalue weighted by molar-refractivity contribution is 1.07. The van der Waals surface area contributed by atoms with E-state index >= 15 is 0 Å². The lowest BCUT2D eigenvalue weighted by Gasteiger charge is -2.01. The van der Waals surface area contributed by atoms with Gasteiger partial charge in [-0.1, -0.05) is 52.6 Å². The van der Waals surface area contributed by atoms with Gasteiger partial charge in [0.25, 0.3) is 0 Å². The van der Waals surface area contributed by atoms with Crippen LogP contribution in [0.15, 0.2) is 12.7 Å². The maximum Gasteiger partial charge on any atom is 0.125 e. The Hall–Kier alpha value is -1.22. The predicted octanol–water partition coefficient (Wildman–Crippen LogP) is 5.18. The Morgan fingerprint density at radius 2 is 1.76 bits per heavy atom. The van der Waals surface area contributed by atoms with Crippen molar-refractivity contribution in [3.8, 4) is 0 Å². The van der Waals surface area contributed by atoms with Crippen molar-refractivity contribution in [2.75, 3.05) is 0 Å². The Bertz CT molecular complexity index is 403. The molecule has 0 spiro atoms. The number of nitrogens with zero attached hydrogens (tertiary/aromatic N) is 1. The van der Waals surface area contributed by atoms with Gasteiger partial charge >= 0.3 is 0 Å². The van der Waals surface area contributed by atoms with Gasteiger partial charge < -0.3 is 4.98 Å². The minimum absolute atomic E-state index is 0.670. The first-order valence-electron chi connectivity index (χ1n) is 6.05. The van der Waals surface area contributed by atoms with Crippen LogP contribution in [0.3, 0.4) is 0 Å². The molecular weight excluding hydrogens is 228 g/mol. The summed E-state index contributed by atoms with van der Waals surface area (Å²) in [7, 11) is 0. The van der Waals surface area contributed by atoms with Crippen molar-refractivity contribution in [3.63, 3.8) is 0 Å². The van der Waals surface area contributed by atoms with Crippen molar-refractivity contribution < 1.29 is 0 Å². The highest BCUT2D eigenvalue weighted by Gasteiger charge is 1.99. The molecule has 0 aliphatic carbocycles. The zero-order chi connectivity index (χ0) is 13.8. The summed E-state index contributed by atoms with van der Waals surface area (Å²) in [6.45, 7) is 15.5. The molecule has 1 aromatic rings. The Morgan fingerprint density at radius 3 is 2.18 bits per heavy atom. The molecule has 0 amide bonds. The highest BCUT2D eigenvalue weighted by atomic mass is 32.1. The van der Waals surface area contributed by atoms with E-state index in [4.69, 9.17) is 12.2 Å². The Balaban J connectivity index is 0. The number of aromatic nitrogens is 2. The molecule has 0 fully saturated rings. The van der Waals surface area contributed by atoms with Crippen LogP contribution in [-0.2, 0) is 0 Å². The molecule has 0 unspecified atom stereocenters. The summed E-state index contributed by atoms with van der Waals surface area (Å²) in [5.41, 5.74) is 2.59. The fourth-order valence-corrected chi connectivity index (χ4v) is 1.16. The van der Waals surface area contributed by atoms with Crippen LogP contribution in [0.5, 0.6) is 0 Å². The quantitative estimate of drug-likeness (QED) is 0.735. The number of aromatic amines is 1. The van der Waals surface area contributed by atoms with Crippen molar-refractivity contribution in [2.24, 2.45) is 0 Å².